The maximum atomic E-state index is 14.9. The summed E-state index contributed by atoms with van der Waals surface area (Å²) >= 11 is 0. The first-order valence-corrected chi connectivity index (χ1v) is 11.0. The van der Waals surface area contributed by atoms with E-state index < -0.39 is 0 Å². The first-order chi connectivity index (χ1) is 14.9. The number of rotatable bonds is 8. The van der Waals surface area contributed by atoms with E-state index in [1.165, 1.54) is 0 Å². The molecule has 0 saturated heterocycles. The van der Waals surface area contributed by atoms with Crippen LogP contribution in [0.3, 0.4) is 0 Å². The number of carbonyl (C=O) groups is 1. The van der Waals surface area contributed by atoms with Gasteiger partial charge >= 0.3 is 0 Å². The summed E-state index contributed by atoms with van der Waals surface area (Å²) < 4.78 is 14.9. The topological polar surface area (TPSA) is 33.2 Å². The molecule has 4 heteroatoms. The van der Waals surface area contributed by atoms with Crippen LogP contribution in [0.4, 0.5) is 10.1 Å². The van der Waals surface area contributed by atoms with E-state index in [2.05, 4.69) is 16.8 Å². The van der Waals surface area contributed by atoms with E-state index in [-0.39, 0.29) is 17.1 Å². The molecule has 3 nitrogen and oxygen atoms in total. The van der Waals surface area contributed by atoms with E-state index in [1.807, 2.05) is 62.5 Å². The number of halogens is 1. The van der Waals surface area contributed by atoms with Crippen molar-refractivity contribution in [2.75, 3.05) is 11.9 Å². The van der Waals surface area contributed by atoms with E-state index in [1.54, 1.807) is 12.3 Å². The molecule has 0 radical (unpaired) electrons. The van der Waals surface area contributed by atoms with Gasteiger partial charge in [0.1, 0.15) is 5.82 Å². The fourth-order valence-electron chi connectivity index (χ4n) is 4.31. The van der Waals surface area contributed by atoms with E-state index in [0.717, 1.165) is 41.6 Å². The van der Waals surface area contributed by atoms with Crippen LogP contribution in [0.1, 0.15) is 54.2 Å². The lowest BCUT2D eigenvalue weighted by Gasteiger charge is -2.29. The minimum atomic E-state index is -0.202. The number of Topliss-reactive ketones (excluding diaryl/α,β-unsaturated/α-hetero) is 1. The van der Waals surface area contributed by atoms with Crippen molar-refractivity contribution in [1.29, 1.82) is 0 Å². The highest BCUT2D eigenvalue weighted by molar-refractivity contribution is 5.96. The standard InChI is InChI=1S/C27H29FN2O/c1-4-27(15-16-27)30(3)25-13-11-23(18-24(25)28)21-7-9-22(10-8-21)26(31)14-12-20-6-5-17-29-19(20)2/h5-11,13,17-18H,4,12,14-16H2,1-3H3. The molecule has 1 aliphatic rings. The van der Waals surface area contributed by atoms with Gasteiger partial charge in [-0.15, -0.1) is 0 Å². The second kappa shape index (κ2) is 8.62. The van der Waals surface area contributed by atoms with Crippen LogP contribution in [0, 0.1) is 12.7 Å². The Balaban J connectivity index is 1.45. The summed E-state index contributed by atoms with van der Waals surface area (Å²) in [6, 6.07) is 16.8. The zero-order chi connectivity index (χ0) is 22.0. The molecule has 160 valence electrons. The third kappa shape index (κ3) is 4.39. The lowest BCUT2D eigenvalue weighted by atomic mass is 9.98. The first-order valence-electron chi connectivity index (χ1n) is 11.0. The Morgan fingerprint density at radius 3 is 2.42 bits per heavy atom. The molecule has 1 aliphatic carbocycles. The predicted molar refractivity (Wildman–Crippen MR) is 124 cm³/mol. The van der Waals surface area contributed by atoms with Gasteiger partial charge in [-0.25, -0.2) is 4.39 Å². The molecule has 0 N–H and O–H groups in total. The van der Waals surface area contributed by atoms with Gasteiger partial charge in [0.2, 0.25) is 0 Å². The number of hydrogen-bond donors (Lipinski definition) is 0. The quantitative estimate of drug-likeness (QED) is 0.399. The number of benzene rings is 2. The van der Waals surface area contributed by atoms with Crippen molar-refractivity contribution in [2.24, 2.45) is 0 Å². The maximum absolute atomic E-state index is 14.9. The van der Waals surface area contributed by atoms with E-state index in [9.17, 15) is 9.18 Å². The van der Waals surface area contributed by atoms with Crippen LogP contribution in [0.5, 0.6) is 0 Å². The van der Waals surface area contributed by atoms with Gasteiger partial charge in [-0.1, -0.05) is 43.3 Å². The Hall–Kier alpha value is -3.01. The van der Waals surface area contributed by atoms with Crippen LogP contribution in [-0.4, -0.2) is 23.4 Å². The highest BCUT2D eigenvalue weighted by atomic mass is 19.1. The van der Waals surface area contributed by atoms with Crippen LogP contribution >= 0.6 is 0 Å². The number of aryl methyl sites for hydroxylation is 2. The fraction of sp³-hybridized carbons (Fsp3) is 0.333. The molecule has 1 aromatic heterocycles. The smallest absolute Gasteiger partial charge is 0.163 e. The van der Waals surface area contributed by atoms with Crippen LogP contribution in [0.15, 0.2) is 60.8 Å². The minimum absolute atomic E-state index is 0.104. The van der Waals surface area contributed by atoms with Crippen LogP contribution in [0.25, 0.3) is 11.1 Å². The van der Waals surface area contributed by atoms with Crippen molar-refractivity contribution in [3.8, 4) is 11.1 Å². The van der Waals surface area contributed by atoms with E-state index in [4.69, 9.17) is 0 Å². The van der Waals surface area contributed by atoms with E-state index in [0.29, 0.717) is 24.1 Å². The highest BCUT2D eigenvalue weighted by Crippen LogP contribution is 2.46. The number of carbonyl (C=O) groups excluding carboxylic acids is 1. The molecule has 0 spiro atoms. The van der Waals surface area contributed by atoms with E-state index >= 15 is 0 Å². The average molecular weight is 417 g/mol. The Morgan fingerprint density at radius 1 is 1.10 bits per heavy atom. The maximum Gasteiger partial charge on any atom is 0.163 e. The Bertz CT molecular complexity index is 1090. The molecule has 0 aliphatic heterocycles. The molecule has 1 saturated carbocycles. The molecule has 1 heterocycles. The normalized spacial score (nSPS) is 14.3. The summed E-state index contributed by atoms with van der Waals surface area (Å²) in [6.07, 6.45) is 6.16. The fourth-order valence-corrected chi connectivity index (χ4v) is 4.31. The van der Waals surface area contributed by atoms with Gasteiger partial charge < -0.3 is 4.90 Å². The van der Waals surface area contributed by atoms with Crippen molar-refractivity contribution < 1.29 is 9.18 Å². The molecule has 3 aromatic rings. The highest BCUT2D eigenvalue weighted by Gasteiger charge is 2.45. The second-order valence-corrected chi connectivity index (χ2v) is 8.55. The first kappa shape index (κ1) is 21.2. The van der Waals surface area contributed by atoms with Gasteiger partial charge in [0.05, 0.1) is 5.69 Å². The van der Waals surface area contributed by atoms with Gasteiger partial charge in [0.15, 0.2) is 5.78 Å². The minimum Gasteiger partial charge on any atom is -0.367 e. The summed E-state index contributed by atoms with van der Waals surface area (Å²) in [5, 5.41) is 0. The third-order valence-electron chi connectivity index (χ3n) is 6.78. The monoisotopic (exact) mass is 416 g/mol. The lowest BCUT2D eigenvalue weighted by molar-refractivity contribution is 0.0983. The van der Waals surface area contributed by atoms with Crippen LogP contribution < -0.4 is 4.90 Å². The molecule has 31 heavy (non-hydrogen) atoms. The van der Waals surface area contributed by atoms with Crippen LogP contribution in [0.2, 0.25) is 0 Å². The Kier molecular flexibility index (Phi) is 5.90. The molecular weight excluding hydrogens is 387 g/mol. The van der Waals surface area contributed by atoms with Crippen molar-refractivity contribution in [2.45, 2.75) is 51.5 Å². The summed E-state index contributed by atoms with van der Waals surface area (Å²) in [6.45, 7) is 4.13. The summed E-state index contributed by atoms with van der Waals surface area (Å²) in [4.78, 5) is 19.0. The number of aromatic nitrogens is 1. The number of pyridine rings is 1. The largest absolute Gasteiger partial charge is 0.367 e. The van der Waals surface area contributed by atoms with Gasteiger partial charge in [-0.3, -0.25) is 9.78 Å². The van der Waals surface area contributed by atoms with Crippen molar-refractivity contribution >= 4 is 11.5 Å². The molecule has 1 fully saturated rings. The van der Waals surface area contributed by atoms with Crippen molar-refractivity contribution in [3.05, 3.63) is 83.4 Å². The summed E-state index contributed by atoms with van der Waals surface area (Å²) in [5.41, 5.74) is 5.25. The molecule has 2 aromatic carbocycles. The Morgan fingerprint density at radius 2 is 1.81 bits per heavy atom. The van der Waals surface area contributed by atoms with Crippen molar-refractivity contribution in [3.63, 3.8) is 0 Å². The predicted octanol–water partition coefficient (Wildman–Crippen LogP) is 6.39. The zero-order valence-electron chi connectivity index (χ0n) is 18.5. The SMILES string of the molecule is CCC1(N(C)c2ccc(-c3ccc(C(=O)CCc4cccnc4C)cc3)cc2F)CC1. The second-order valence-electron chi connectivity index (χ2n) is 8.55. The lowest BCUT2D eigenvalue weighted by Crippen LogP contribution is -2.33. The third-order valence-corrected chi connectivity index (χ3v) is 6.78. The summed E-state index contributed by atoms with van der Waals surface area (Å²) in [5.74, 6) is -0.0982. The molecule has 4 rings (SSSR count). The number of ketones is 1. The molecular formula is C27H29FN2O. The molecule has 0 bridgehead atoms. The molecule has 0 amide bonds. The number of hydrogen-bond acceptors (Lipinski definition) is 3. The van der Waals surface area contributed by atoms with Crippen LogP contribution in [-0.2, 0) is 6.42 Å². The van der Waals surface area contributed by atoms with Gasteiger partial charge in [0, 0.05) is 36.5 Å². The average Bonchev–Trinajstić information content (AvgIpc) is 3.59. The molecule has 0 unspecified atom stereocenters. The number of nitrogens with zero attached hydrogens (tertiary/aromatic N) is 2. The van der Waals surface area contributed by atoms with Gasteiger partial charge in [-0.05, 0) is 67.5 Å². The Labute approximate surface area is 183 Å². The number of anilines is 1. The summed E-state index contributed by atoms with van der Waals surface area (Å²) in [7, 11) is 1.99. The van der Waals surface area contributed by atoms with Gasteiger partial charge in [0.25, 0.3) is 0 Å². The molecule has 0 atom stereocenters. The van der Waals surface area contributed by atoms with Crippen molar-refractivity contribution in [1.82, 2.24) is 4.98 Å². The zero-order valence-corrected chi connectivity index (χ0v) is 18.5. The van der Waals surface area contributed by atoms with Gasteiger partial charge in [-0.2, -0.15) is 0 Å².